The molecule has 1 aliphatic carbocycles. The summed E-state index contributed by atoms with van der Waals surface area (Å²) in [5.74, 6) is -0.165. The Kier molecular flexibility index (Phi) is 7.45. The van der Waals surface area contributed by atoms with Crippen LogP contribution in [0, 0.1) is 0 Å². The predicted molar refractivity (Wildman–Crippen MR) is 99.6 cm³/mol. The quantitative estimate of drug-likeness (QED) is 0.531. The summed E-state index contributed by atoms with van der Waals surface area (Å²) in [5.41, 5.74) is 0.0725. The molecule has 1 N–H and O–H groups in total. The van der Waals surface area contributed by atoms with Crippen molar-refractivity contribution in [1.82, 2.24) is 0 Å². The number of rotatable bonds is 9. The fourth-order valence-electron chi connectivity index (χ4n) is 3.14. The Labute approximate surface area is 155 Å². The Bertz CT molecular complexity index is 623. The molecule has 0 unspecified atom stereocenters. The highest BCUT2D eigenvalue weighted by molar-refractivity contribution is 5.99. The van der Waals surface area contributed by atoms with Gasteiger partial charge in [0.15, 0.2) is 0 Å². The van der Waals surface area contributed by atoms with E-state index in [2.05, 4.69) is 12.2 Å². The third-order valence-corrected chi connectivity index (χ3v) is 4.70. The zero-order valence-electron chi connectivity index (χ0n) is 15.9. The third-order valence-electron chi connectivity index (χ3n) is 4.70. The van der Waals surface area contributed by atoms with Gasteiger partial charge < -0.3 is 19.5 Å². The Morgan fingerprint density at radius 1 is 1.19 bits per heavy atom. The number of benzene rings is 1. The number of esters is 1. The first kappa shape index (κ1) is 20.2. The Morgan fingerprint density at radius 3 is 2.54 bits per heavy atom. The van der Waals surface area contributed by atoms with Crippen LogP contribution < -0.4 is 10.1 Å². The summed E-state index contributed by atoms with van der Waals surface area (Å²) in [5, 5.41) is 2.88. The van der Waals surface area contributed by atoms with Crippen molar-refractivity contribution < 1.29 is 23.8 Å². The lowest BCUT2D eigenvalue weighted by Gasteiger charge is -2.26. The molecule has 26 heavy (non-hydrogen) atoms. The van der Waals surface area contributed by atoms with Crippen molar-refractivity contribution in [1.29, 1.82) is 0 Å². The molecular formula is C20H29NO5. The van der Waals surface area contributed by atoms with Gasteiger partial charge in [-0.3, -0.25) is 4.79 Å². The lowest BCUT2D eigenvalue weighted by atomic mass is 10.0. The van der Waals surface area contributed by atoms with Gasteiger partial charge in [0.2, 0.25) is 0 Å². The number of ether oxygens (including phenoxy) is 3. The number of carbonyl (C=O) groups excluding carboxylic acids is 2. The average Bonchev–Trinajstić information content (AvgIpc) is 3.13. The molecule has 0 bridgehead atoms. The minimum atomic E-state index is -0.777. The normalized spacial score (nSPS) is 15.5. The van der Waals surface area contributed by atoms with E-state index in [1.54, 1.807) is 32.2 Å². The summed E-state index contributed by atoms with van der Waals surface area (Å²) >= 11 is 0. The lowest BCUT2D eigenvalue weighted by Crippen LogP contribution is -2.42. The summed E-state index contributed by atoms with van der Waals surface area (Å²) in [4.78, 5) is 25.0. The van der Waals surface area contributed by atoms with Gasteiger partial charge in [0, 0.05) is 12.8 Å². The van der Waals surface area contributed by atoms with Crippen LogP contribution in [0.2, 0.25) is 0 Å². The van der Waals surface area contributed by atoms with Crippen LogP contribution in [0.5, 0.6) is 5.75 Å². The van der Waals surface area contributed by atoms with Crippen LogP contribution in [0.3, 0.4) is 0 Å². The maximum atomic E-state index is 12.7. The molecule has 1 aliphatic rings. The molecule has 2 rings (SSSR count). The molecule has 0 heterocycles. The Morgan fingerprint density at radius 2 is 1.92 bits per heavy atom. The van der Waals surface area contributed by atoms with Crippen LogP contribution in [-0.4, -0.2) is 37.8 Å². The molecule has 0 saturated heterocycles. The first-order valence-corrected chi connectivity index (χ1v) is 9.37. The largest absolute Gasteiger partial charge is 0.493 e. The summed E-state index contributed by atoms with van der Waals surface area (Å²) in [6.07, 6.45) is 5.26. The predicted octanol–water partition coefficient (Wildman–Crippen LogP) is 3.94. The van der Waals surface area contributed by atoms with Crippen molar-refractivity contribution in [3.8, 4) is 5.75 Å². The van der Waals surface area contributed by atoms with Gasteiger partial charge in [-0.05, 0) is 57.2 Å². The van der Waals surface area contributed by atoms with Crippen LogP contribution in [0.1, 0.15) is 62.7 Å². The van der Waals surface area contributed by atoms with Gasteiger partial charge in [-0.1, -0.05) is 13.3 Å². The fourth-order valence-corrected chi connectivity index (χ4v) is 3.14. The number of amides is 1. The third kappa shape index (κ3) is 4.75. The maximum absolute atomic E-state index is 12.7. The molecule has 6 heteroatoms. The molecule has 0 aromatic heterocycles. The summed E-state index contributed by atoms with van der Waals surface area (Å²) in [7, 11) is 1.57. The zero-order valence-corrected chi connectivity index (χ0v) is 15.9. The van der Waals surface area contributed by atoms with Gasteiger partial charge in [0.25, 0.3) is 5.91 Å². The molecule has 144 valence electrons. The number of nitrogens with one attached hydrogen (secondary N) is 1. The van der Waals surface area contributed by atoms with E-state index in [1.165, 1.54) is 0 Å². The van der Waals surface area contributed by atoms with Crippen LogP contribution >= 0.6 is 0 Å². The van der Waals surface area contributed by atoms with Crippen molar-refractivity contribution in [2.45, 2.75) is 58.0 Å². The van der Waals surface area contributed by atoms with E-state index in [4.69, 9.17) is 14.2 Å². The van der Waals surface area contributed by atoms with Crippen LogP contribution in [0.4, 0.5) is 5.69 Å². The summed E-state index contributed by atoms with van der Waals surface area (Å²) < 4.78 is 16.3. The average molecular weight is 363 g/mol. The summed E-state index contributed by atoms with van der Waals surface area (Å²) in [6, 6.07) is 5.04. The fraction of sp³-hybridized carbons (Fsp3) is 0.600. The molecule has 0 aliphatic heterocycles. The second-order valence-corrected chi connectivity index (χ2v) is 6.49. The zero-order chi connectivity index (χ0) is 19.0. The molecule has 1 aromatic carbocycles. The molecular weight excluding hydrogens is 334 g/mol. The number of anilines is 1. The van der Waals surface area contributed by atoms with E-state index < -0.39 is 11.6 Å². The van der Waals surface area contributed by atoms with Crippen molar-refractivity contribution in [2.24, 2.45) is 0 Å². The molecule has 1 amide bonds. The highest BCUT2D eigenvalue weighted by atomic mass is 16.5. The van der Waals surface area contributed by atoms with Gasteiger partial charge in [-0.25, -0.2) is 4.79 Å². The molecule has 0 radical (unpaired) electrons. The molecule has 1 aromatic rings. The molecule has 0 atom stereocenters. The highest BCUT2D eigenvalue weighted by Gasteiger charge is 2.41. The van der Waals surface area contributed by atoms with Gasteiger partial charge in [0.05, 0.1) is 13.2 Å². The summed E-state index contributed by atoms with van der Waals surface area (Å²) in [6.45, 7) is 4.63. The monoisotopic (exact) mass is 363 g/mol. The molecule has 6 nitrogen and oxygen atoms in total. The SMILES string of the molecule is CCCCOc1ccc(NC(=O)C2(OC)CCCC2)cc1C(=O)OCC. The first-order valence-electron chi connectivity index (χ1n) is 9.37. The minimum Gasteiger partial charge on any atom is -0.493 e. The van der Waals surface area contributed by atoms with E-state index in [0.717, 1.165) is 25.7 Å². The molecule has 1 saturated carbocycles. The van der Waals surface area contributed by atoms with Gasteiger partial charge in [-0.15, -0.1) is 0 Å². The minimum absolute atomic E-state index is 0.174. The van der Waals surface area contributed by atoms with E-state index >= 15 is 0 Å². The number of methoxy groups -OCH3 is 1. The van der Waals surface area contributed by atoms with Gasteiger partial charge >= 0.3 is 5.97 Å². The van der Waals surface area contributed by atoms with Crippen molar-refractivity contribution in [3.63, 3.8) is 0 Å². The second kappa shape index (κ2) is 9.57. The van der Waals surface area contributed by atoms with Crippen LogP contribution in [0.25, 0.3) is 0 Å². The standard InChI is InChI=1S/C20H29NO5/c1-4-6-13-26-17-10-9-15(14-16(17)18(22)25-5-2)21-19(23)20(24-3)11-7-8-12-20/h9-10,14H,4-8,11-13H2,1-3H3,(H,21,23). The van der Waals surface area contributed by atoms with Crippen molar-refractivity contribution in [2.75, 3.05) is 25.6 Å². The van der Waals surface area contributed by atoms with Crippen molar-refractivity contribution >= 4 is 17.6 Å². The Balaban J connectivity index is 2.19. The van der Waals surface area contributed by atoms with E-state index in [0.29, 0.717) is 36.4 Å². The topological polar surface area (TPSA) is 73.9 Å². The van der Waals surface area contributed by atoms with E-state index in [9.17, 15) is 9.59 Å². The number of unbranched alkanes of at least 4 members (excludes halogenated alkanes) is 1. The first-order chi connectivity index (χ1) is 12.6. The van der Waals surface area contributed by atoms with Crippen LogP contribution in [-0.2, 0) is 14.3 Å². The van der Waals surface area contributed by atoms with Gasteiger partial charge in [0.1, 0.15) is 16.9 Å². The van der Waals surface area contributed by atoms with Crippen LogP contribution in [0.15, 0.2) is 18.2 Å². The van der Waals surface area contributed by atoms with Crippen molar-refractivity contribution in [3.05, 3.63) is 23.8 Å². The maximum Gasteiger partial charge on any atom is 0.341 e. The van der Waals surface area contributed by atoms with Gasteiger partial charge in [-0.2, -0.15) is 0 Å². The number of hydrogen-bond acceptors (Lipinski definition) is 5. The second-order valence-electron chi connectivity index (χ2n) is 6.49. The Hall–Kier alpha value is -2.08. The van der Waals surface area contributed by atoms with E-state index in [1.807, 2.05) is 0 Å². The highest BCUT2D eigenvalue weighted by Crippen LogP contribution is 2.34. The number of hydrogen-bond donors (Lipinski definition) is 1. The smallest absolute Gasteiger partial charge is 0.341 e. The number of carbonyl (C=O) groups is 2. The van der Waals surface area contributed by atoms with E-state index in [-0.39, 0.29) is 12.5 Å². The molecule has 0 spiro atoms. The lowest BCUT2D eigenvalue weighted by molar-refractivity contribution is -0.137. The molecule has 1 fully saturated rings.